The number of hydrogen-bond acceptors (Lipinski definition) is 5. The highest BCUT2D eigenvalue weighted by molar-refractivity contribution is 6.35. The van der Waals surface area contributed by atoms with Crippen LogP contribution in [0.3, 0.4) is 0 Å². The van der Waals surface area contributed by atoms with Gasteiger partial charge in [-0.1, -0.05) is 23.2 Å². The molecule has 3 rings (SSSR count). The van der Waals surface area contributed by atoms with Gasteiger partial charge in [0, 0.05) is 21.3 Å². The quantitative estimate of drug-likeness (QED) is 0.656. The van der Waals surface area contributed by atoms with Gasteiger partial charge in [0.05, 0.1) is 7.11 Å². The van der Waals surface area contributed by atoms with E-state index in [0.29, 0.717) is 38.7 Å². The lowest BCUT2D eigenvalue weighted by atomic mass is 10.2. The second-order valence-corrected chi connectivity index (χ2v) is 6.14. The van der Waals surface area contributed by atoms with Crippen LogP contribution in [0.25, 0.3) is 0 Å². The number of benzene rings is 2. The molecule has 0 fully saturated rings. The second kappa shape index (κ2) is 8.03. The summed E-state index contributed by atoms with van der Waals surface area (Å²) in [6, 6.07) is 15.2. The first-order chi connectivity index (χ1) is 12.5. The molecule has 8 heteroatoms. The zero-order chi connectivity index (χ0) is 18.5. The number of nitrogens with zero attached hydrogens (tertiary/aromatic N) is 2. The normalized spacial score (nSPS) is 10.3. The molecule has 1 heterocycles. The molecule has 1 amide bonds. The molecule has 0 saturated carbocycles. The SMILES string of the molecule is COc1ccc(C(=O)Nc2ccc(Nc3cc(Cl)cc(Cl)c3)nn2)cc1. The number of hydrogen-bond donors (Lipinski definition) is 2. The summed E-state index contributed by atoms with van der Waals surface area (Å²) < 4.78 is 5.07. The third-order valence-electron chi connectivity index (χ3n) is 3.39. The number of nitrogens with one attached hydrogen (secondary N) is 2. The van der Waals surface area contributed by atoms with Crippen molar-refractivity contribution in [3.63, 3.8) is 0 Å². The second-order valence-electron chi connectivity index (χ2n) is 5.27. The molecule has 0 unspecified atom stereocenters. The predicted octanol–water partition coefficient (Wildman–Crippen LogP) is 4.79. The Morgan fingerprint density at radius 3 is 2.12 bits per heavy atom. The van der Waals surface area contributed by atoms with E-state index in [2.05, 4.69) is 20.8 Å². The van der Waals surface area contributed by atoms with E-state index in [-0.39, 0.29) is 5.91 Å². The van der Waals surface area contributed by atoms with Gasteiger partial charge >= 0.3 is 0 Å². The van der Waals surface area contributed by atoms with Crippen molar-refractivity contribution in [1.82, 2.24) is 10.2 Å². The molecule has 0 aliphatic heterocycles. The van der Waals surface area contributed by atoms with Crippen LogP contribution in [0.1, 0.15) is 10.4 Å². The summed E-state index contributed by atoms with van der Waals surface area (Å²) >= 11 is 11.9. The van der Waals surface area contributed by atoms with E-state index in [9.17, 15) is 4.79 Å². The van der Waals surface area contributed by atoms with E-state index < -0.39 is 0 Å². The van der Waals surface area contributed by atoms with Crippen molar-refractivity contribution < 1.29 is 9.53 Å². The van der Waals surface area contributed by atoms with Gasteiger partial charge in [0.25, 0.3) is 5.91 Å². The first-order valence-electron chi connectivity index (χ1n) is 7.56. The lowest BCUT2D eigenvalue weighted by molar-refractivity contribution is 0.102. The Bertz CT molecular complexity index is 895. The average molecular weight is 389 g/mol. The molecule has 0 aliphatic rings. The number of ether oxygens (including phenoxy) is 1. The molecule has 0 radical (unpaired) electrons. The molecule has 0 bridgehead atoms. The summed E-state index contributed by atoms with van der Waals surface area (Å²) in [5.74, 6) is 1.22. The van der Waals surface area contributed by atoms with Crippen molar-refractivity contribution in [2.24, 2.45) is 0 Å². The Kier molecular flexibility index (Phi) is 5.55. The first kappa shape index (κ1) is 18.0. The summed E-state index contributed by atoms with van der Waals surface area (Å²) in [4.78, 5) is 12.2. The van der Waals surface area contributed by atoms with Crippen LogP contribution in [-0.2, 0) is 0 Å². The summed E-state index contributed by atoms with van der Waals surface area (Å²) in [5, 5.41) is 14.8. The van der Waals surface area contributed by atoms with E-state index >= 15 is 0 Å². The fourth-order valence-electron chi connectivity index (χ4n) is 2.17. The highest BCUT2D eigenvalue weighted by Gasteiger charge is 2.08. The fourth-order valence-corrected chi connectivity index (χ4v) is 2.70. The Morgan fingerprint density at radius 2 is 1.54 bits per heavy atom. The molecule has 2 N–H and O–H groups in total. The number of rotatable bonds is 5. The molecule has 3 aromatic rings. The highest BCUT2D eigenvalue weighted by atomic mass is 35.5. The number of aromatic nitrogens is 2. The van der Waals surface area contributed by atoms with Crippen LogP contribution in [0.2, 0.25) is 10.0 Å². The number of halogens is 2. The van der Waals surface area contributed by atoms with Crippen LogP contribution in [-0.4, -0.2) is 23.2 Å². The molecule has 132 valence electrons. The topological polar surface area (TPSA) is 76.1 Å². The lowest BCUT2D eigenvalue weighted by Gasteiger charge is -2.08. The number of carbonyl (C=O) groups is 1. The van der Waals surface area contributed by atoms with Crippen LogP contribution in [0.4, 0.5) is 17.3 Å². The molecule has 6 nitrogen and oxygen atoms in total. The minimum absolute atomic E-state index is 0.288. The molecular weight excluding hydrogens is 375 g/mol. The van der Waals surface area contributed by atoms with Crippen molar-refractivity contribution in [3.8, 4) is 5.75 Å². The summed E-state index contributed by atoms with van der Waals surface area (Å²) in [6.45, 7) is 0. The van der Waals surface area contributed by atoms with Gasteiger partial charge in [0.2, 0.25) is 0 Å². The maximum atomic E-state index is 12.2. The largest absolute Gasteiger partial charge is 0.497 e. The van der Waals surface area contributed by atoms with Crippen LogP contribution in [0.15, 0.2) is 54.6 Å². The maximum Gasteiger partial charge on any atom is 0.256 e. The van der Waals surface area contributed by atoms with Gasteiger partial charge in [-0.3, -0.25) is 4.79 Å². The lowest BCUT2D eigenvalue weighted by Crippen LogP contribution is -2.13. The van der Waals surface area contributed by atoms with E-state index in [1.54, 1.807) is 61.7 Å². The maximum absolute atomic E-state index is 12.2. The smallest absolute Gasteiger partial charge is 0.256 e. The van der Waals surface area contributed by atoms with Gasteiger partial charge in [0.15, 0.2) is 11.6 Å². The summed E-state index contributed by atoms with van der Waals surface area (Å²) in [6.07, 6.45) is 0. The van der Waals surface area contributed by atoms with Crippen LogP contribution in [0, 0.1) is 0 Å². The third-order valence-corrected chi connectivity index (χ3v) is 3.83. The molecule has 1 aromatic heterocycles. The zero-order valence-corrected chi connectivity index (χ0v) is 15.2. The van der Waals surface area contributed by atoms with Gasteiger partial charge in [-0.05, 0) is 54.6 Å². The van der Waals surface area contributed by atoms with E-state index in [0.717, 1.165) is 0 Å². The van der Waals surface area contributed by atoms with Gasteiger partial charge < -0.3 is 15.4 Å². The monoisotopic (exact) mass is 388 g/mol. The Hall–Kier alpha value is -2.83. The number of anilines is 3. The molecule has 26 heavy (non-hydrogen) atoms. The molecule has 0 saturated heterocycles. The minimum Gasteiger partial charge on any atom is -0.497 e. The van der Waals surface area contributed by atoms with E-state index in [1.807, 2.05) is 0 Å². The number of carbonyl (C=O) groups excluding carboxylic acids is 1. The Balaban J connectivity index is 1.66. The van der Waals surface area contributed by atoms with Gasteiger partial charge in [0.1, 0.15) is 5.75 Å². The van der Waals surface area contributed by atoms with E-state index in [4.69, 9.17) is 27.9 Å². The van der Waals surface area contributed by atoms with E-state index in [1.165, 1.54) is 0 Å². The van der Waals surface area contributed by atoms with Crippen molar-refractivity contribution in [2.75, 3.05) is 17.7 Å². The summed E-state index contributed by atoms with van der Waals surface area (Å²) in [7, 11) is 1.57. The molecular formula is C18H14Cl2N4O2. The van der Waals surface area contributed by atoms with Gasteiger partial charge in [-0.25, -0.2) is 0 Å². The fraction of sp³-hybridized carbons (Fsp3) is 0.0556. The third kappa shape index (κ3) is 4.62. The average Bonchev–Trinajstić information content (AvgIpc) is 2.62. The van der Waals surface area contributed by atoms with Gasteiger partial charge in [-0.15, -0.1) is 10.2 Å². The van der Waals surface area contributed by atoms with Crippen molar-refractivity contribution in [3.05, 3.63) is 70.2 Å². The Labute approximate surface area is 160 Å². The van der Waals surface area contributed by atoms with Crippen LogP contribution in [0.5, 0.6) is 5.75 Å². The van der Waals surface area contributed by atoms with Crippen LogP contribution >= 0.6 is 23.2 Å². The molecule has 0 atom stereocenters. The molecule has 0 aliphatic carbocycles. The molecule has 0 spiro atoms. The van der Waals surface area contributed by atoms with Gasteiger partial charge in [-0.2, -0.15) is 0 Å². The van der Waals surface area contributed by atoms with Crippen molar-refractivity contribution >= 4 is 46.4 Å². The standard InChI is InChI=1S/C18H14Cl2N4O2/c1-26-15-4-2-11(3-5-15)18(25)22-17-7-6-16(23-24-17)21-14-9-12(19)8-13(20)10-14/h2-10H,1H3,(H,21,23)(H,22,24,25). The first-order valence-corrected chi connectivity index (χ1v) is 8.31. The zero-order valence-electron chi connectivity index (χ0n) is 13.7. The summed E-state index contributed by atoms with van der Waals surface area (Å²) in [5.41, 5.74) is 1.18. The highest BCUT2D eigenvalue weighted by Crippen LogP contribution is 2.24. The van der Waals surface area contributed by atoms with Crippen molar-refractivity contribution in [2.45, 2.75) is 0 Å². The number of methoxy groups -OCH3 is 1. The molecule has 2 aromatic carbocycles. The Morgan fingerprint density at radius 1 is 0.923 bits per heavy atom. The van der Waals surface area contributed by atoms with Crippen LogP contribution < -0.4 is 15.4 Å². The number of amides is 1. The predicted molar refractivity (Wildman–Crippen MR) is 103 cm³/mol. The van der Waals surface area contributed by atoms with Crippen molar-refractivity contribution in [1.29, 1.82) is 0 Å². The minimum atomic E-state index is -0.288.